The van der Waals surface area contributed by atoms with Gasteiger partial charge in [-0.3, -0.25) is 0 Å². The van der Waals surface area contributed by atoms with Crippen molar-refractivity contribution in [3.63, 3.8) is 0 Å². The van der Waals surface area contributed by atoms with Gasteiger partial charge in [-0.1, -0.05) is 55.5 Å². The minimum atomic E-state index is 1.08. The minimum absolute atomic E-state index is 1.08. The first-order chi connectivity index (χ1) is 9.38. The molecular weight excluding hydrogens is 230 g/mol. The molecule has 1 N–H and O–H groups in total. The number of benzene rings is 1. The molecule has 0 spiro atoms. The normalized spacial score (nSPS) is 15.1. The maximum atomic E-state index is 3.46. The third-order valence-corrected chi connectivity index (χ3v) is 3.00. The lowest BCUT2D eigenvalue weighted by molar-refractivity contribution is 0.967. The number of hydrogen-bond acceptors (Lipinski definition) is 1. The van der Waals surface area contributed by atoms with Gasteiger partial charge in [0.05, 0.1) is 0 Å². The van der Waals surface area contributed by atoms with Crippen LogP contribution in [0.3, 0.4) is 0 Å². The second-order valence-electron chi connectivity index (χ2n) is 4.60. The molecule has 1 aromatic carbocycles. The zero-order valence-electron chi connectivity index (χ0n) is 11.5. The first-order valence-electron chi connectivity index (χ1n) is 6.94. The molecule has 1 aliphatic carbocycles. The summed E-state index contributed by atoms with van der Waals surface area (Å²) in [6, 6.07) is 8.53. The molecule has 0 amide bonds. The molecule has 0 saturated carbocycles. The predicted molar refractivity (Wildman–Crippen MR) is 85.0 cm³/mol. The molecule has 0 aliphatic heterocycles. The van der Waals surface area contributed by atoms with E-state index in [1.165, 1.54) is 11.3 Å². The lowest BCUT2D eigenvalue weighted by Gasteiger charge is -2.12. The maximum Gasteiger partial charge on any atom is 0.0382 e. The standard InChI is InChI=1S/C18H21N/c1-2-3-4-6-9-16-12-14-18(15-13-16)19-17-10-7-5-8-11-17/h3-7,9-10,12-15,19H,2,8,11H2,1H3/b4-3-,9-6+. The Balaban J connectivity index is 1.94. The zero-order valence-corrected chi connectivity index (χ0v) is 11.5. The quantitative estimate of drug-likeness (QED) is 0.699. The third-order valence-electron chi connectivity index (χ3n) is 3.00. The van der Waals surface area contributed by atoms with Crippen LogP contribution in [0.5, 0.6) is 0 Å². The van der Waals surface area contributed by atoms with Crippen LogP contribution in [0.1, 0.15) is 31.7 Å². The number of anilines is 1. The summed E-state index contributed by atoms with van der Waals surface area (Å²) in [7, 11) is 0. The molecular formula is C18H21N. The summed E-state index contributed by atoms with van der Waals surface area (Å²) in [5.74, 6) is 0. The van der Waals surface area contributed by atoms with Gasteiger partial charge in [0.1, 0.15) is 0 Å². The summed E-state index contributed by atoms with van der Waals surface area (Å²) in [5, 5.41) is 3.46. The second-order valence-corrected chi connectivity index (χ2v) is 4.60. The highest BCUT2D eigenvalue weighted by molar-refractivity contribution is 5.57. The van der Waals surface area contributed by atoms with Gasteiger partial charge >= 0.3 is 0 Å². The van der Waals surface area contributed by atoms with Gasteiger partial charge in [0, 0.05) is 11.4 Å². The Kier molecular flexibility index (Phi) is 5.24. The molecule has 0 aromatic heterocycles. The Bertz CT molecular complexity index is 501. The average Bonchev–Trinajstić information content (AvgIpc) is 2.46. The Morgan fingerprint density at radius 1 is 1.16 bits per heavy atom. The van der Waals surface area contributed by atoms with Crippen LogP contribution >= 0.6 is 0 Å². The van der Waals surface area contributed by atoms with Crippen LogP contribution in [0.4, 0.5) is 5.69 Å². The van der Waals surface area contributed by atoms with Crippen LogP contribution in [0, 0.1) is 0 Å². The summed E-state index contributed by atoms with van der Waals surface area (Å²) in [5.41, 5.74) is 3.67. The van der Waals surface area contributed by atoms with Gasteiger partial charge in [-0.2, -0.15) is 0 Å². The van der Waals surface area contributed by atoms with E-state index in [2.05, 4.69) is 79.0 Å². The average molecular weight is 251 g/mol. The van der Waals surface area contributed by atoms with Crippen molar-refractivity contribution in [3.05, 3.63) is 72.0 Å². The molecule has 98 valence electrons. The van der Waals surface area contributed by atoms with Crippen molar-refractivity contribution < 1.29 is 0 Å². The molecule has 0 fully saturated rings. The summed E-state index contributed by atoms with van der Waals surface area (Å²) < 4.78 is 0. The first-order valence-corrected chi connectivity index (χ1v) is 6.94. The fourth-order valence-corrected chi connectivity index (χ4v) is 1.95. The van der Waals surface area contributed by atoms with E-state index >= 15 is 0 Å². The van der Waals surface area contributed by atoms with Crippen molar-refractivity contribution >= 4 is 11.8 Å². The fraction of sp³-hybridized carbons (Fsp3) is 0.222. The molecule has 1 nitrogen and oxygen atoms in total. The molecule has 0 saturated heterocycles. The highest BCUT2D eigenvalue weighted by Gasteiger charge is 1.99. The topological polar surface area (TPSA) is 12.0 Å². The minimum Gasteiger partial charge on any atom is -0.359 e. The van der Waals surface area contributed by atoms with Crippen molar-refractivity contribution in [2.75, 3.05) is 5.32 Å². The monoisotopic (exact) mass is 251 g/mol. The van der Waals surface area contributed by atoms with Gasteiger partial charge in [-0.15, -0.1) is 0 Å². The largest absolute Gasteiger partial charge is 0.359 e. The van der Waals surface area contributed by atoms with E-state index in [0.29, 0.717) is 0 Å². The van der Waals surface area contributed by atoms with Crippen LogP contribution < -0.4 is 5.32 Å². The van der Waals surface area contributed by atoms with E-state index in [1.807, 2.05) is 0 Å². The van der Waals surface area contributed by atoms with Crippen LogP contribution in [0.15, 0.2) is 66.4 Å². The lowest BCUT2D eigenvalue weighted by Crippen LogP contribution is -2.00. The molecule has 0 atom stereocenters. The Hall–Kier alpha value is -2.02. The van der Waals surface area contributed by atoms with Crippen molar-refractivity contribution in [3.8, 4) is 0 Å². The molecule has 0 radical (unpaired) electrons. The predicted octanol–water partition coefficient (Wildman–Crippen LogP) is 5.31. The van der Waals surface area contributed by atoms with Crippen molar-refractivity contribution in [2.24, 2.45) is 0 Å². The maximum absolute atomic E-state index is 3.46. The van der Waals surface area contributed by atoms with Crippen LogP contribution in [-0.4, -0.2) is 0 Å². The molecule has 2 rings (SSSR count). The van der Waals surface area contributed by atoms with Crippen molar-refractivity contribution in [1.82, 2.24) is 0 Å². The number of hydrogen-bond donors (Lipinski definition) is 1. The summed E-state index contributed by atoms with van der Waals surface area (Å²) in [6.45, 7) is 2.14. The first kappa shape index (κ1) is 13.4. The van der Waals surface area contributed by atoms with Crippen LogP contribution in [0.2, 0.25) is 0 Å². The Morgan fingerprint density at radius 2 is 2.00 bits per heavy atom. The molecule has 0 heterocycles. The molecule has 1 heteroatoms. The van der Waals surface area contributed by atoms with Gasteiger partial charge in [-0.05, 0) is 43.0 Å². The number of rotatable bonds is 5. The molecule has 1 aliphatic rings. The van der Waals surface area contributed by atoms with Gasteiger partial charge in [0.25, 0.3) is 0 Å². The Labute approximate surface area is 116 Å². The van der Waals surface area contributed by atoms with Crippen LogP contribution in [-0.2, 0) is 0 Å². The highest BCUT2D eigenvalue weighted by atomic mass is 14.9. The highest BCUT2D eigenvalue weighted by Crippen LogP contribution is 2.17. The third kappa shape index (κ3) is 4.63. The van der Waals surface area contributed by atoms with E-state index in [0.717, 1.165) is 24.9 Å². The van der Waals surface area contributed by atoms with E-state index < -0.39 is 0 Å². The van der Waals surface area contributed by atoms with E-state index in [9.17, 15) is 0 Å². The lowest BCUT2D eigenvalue weighted by atomic mass is 10.1. The summed E-state index contributed by atoms with van der Waals surface area (Å²) >= 11 is 0. The van der Waals surface area contributed by atoms with E-state index in [-0.39, 0.29) is 0 Å². The number of nitrogens with one attached hydrogen (secondary N) is 1. The van der Waals surface area contributed by atoms with Crippen molar-refractivity contribution in [1.29, 1.82) is 0 Å². The van der Waals surface area contributed by atoms with Gasteiger partial charge in [0.2, 0.25) is 0 Å². The summed E-state index contributed by atoms with van der Waals surface area (Å²) in [6.07, 6.45) is 18.2. The smallest absolute Gasteiger partial charge is 0.0382 e. The SMILES string of the molecule is CC/C=C\C=C\c1ccc(NC2=CC=CCC2)cc1. The molecule has 1 aromatic rings. The van der Waals surface area contributed by atoms with E-state index in [1.54, 1.807) is 0 Å². The zero-order chi connectivity index (χ0) is 13.3. The van der Waals surface area contributed by atoms with Gasteiger partial charge in [-0.25, -0.2) is 0 Å². The molecule has 0 unspecified atom stereocenters. The van der Waals surface area contributed by atoms with E-state index in [4.69, 9.17) is 0 Å². The van der Waals surface area contributed by atoms with Gasteiger partial charge < -0.3 is 5.32 Å². The van der Waals surface area contributed by atoms with Crippen LogP contribution in [0.25, 0.3) is 6.08 Å². The second kappa shape index (κ2) is 7.42. The molecule has 0 bridgehead atoms. The fourth-order valence-electron chi connectivity index (χ4n) is 1.95. The molecule has 19 heavy (non-hydrogen) atoms. The van der Waals surface area contributed by atoms with Gasteiger partial charge in [0.15, 0.2) is 0 Å². The summed E-state index contributed by atoms with van der Waals surface area (Å²) in [4.78, 5) is 0. The Morgan fingerprint density at radius 3 is 2.68 bits per heavy atom. The van der Waals surface area contributed by atoms with Crippen molar-refractivity contribution in [2.45, 2.75) is 26.2 Å². The number of allylic oxidation sites excluding steroid dienone is 7.